The Morgan fingerprint density at radius 3 is 2.71 bits per heavy atom. The van der Waals surface area contributed by atoms with E-state index in [-0.39, 0.29) is 5.91 Å². The standard InChI is InChI=1S/C19H26N4O/c1-2-3-13-11-21-12-15-16(13)22-18(24)14(10-20)17(15)23-8-6-19(4-5-19)7-9-23/h13-14,21H,2-9,11-12H2,1H3. The fraction of sp³-hybridized carbons (Fsp3) is 0.737. The maximum Gasteiger partial charge on any atom is 0.269 e. The van der Waals surface area contributed by atoms with Crippen molar-refractivity contribution in [1.82, 2.24) is 10.2 Å². The van der Waals surface area contributed by atoms with Gasteiger partial charge in [-0.15, -0.1) is 0 Å². The van der Waals surface area contributed by atoms with Crippen LogP contribution in [0.25, 0.3) is 0 Å². The molecule has 5 heteroatoms. The highest BCUT2D eigenvalue weighted by molar-refractivity contribution is 6.13. The summed E-state index contributed by atoms with van der Waals surface area (Å²) in [5, 5.41) is 13.1. The first-order valence-corrected chi connectivity index (χ1v) is 9.38. The lowest BCUT2D eigenvalue weighted by atomic mass is 9.82. The molecule has 4 rings (SSSR count). The Labute approximate surface area is 143 Å². The van der Waals surface area contributed by atoms with Crippen molar-refractivity contribution in [3.05, 3.63) is 11.3 Å². The van der Waals surface area contributed by atoms with Crippen molar-refractivity contribution < 1.29 is 4.79 Å². The molecule has 4 aliphatic rings. The summed E-state index contributed by atoms with van der Waals surface area (Å²) in [6.07, 6.45) is 7.25. The first-order valence-electron chi connectivity index (χ1n) is 9.38. The second-order valence-corrected chi connectivity index (χ2v) is 7.86. The van der Waals surface area contributed by atoms with E-state index in [0.29, 0.717) is 11.3 Å². The predicted molar refractivity (Wildman–Crippen MR) is 92.3 cm³/mol. The number of rotatable bonds is 3. The molecular weight excluding hydrogens is 300 g/mol. The van der Waals surface area contributed by atoms with Gasteiger partial charge >= 0.3 is 0 Å². The maximum absolute atomic E-state index is 12.5. The summed E-state index contributed by atoms with van der Waals surface area (Å²) in [7, 11) is 0. The van der Waals surface area contributed by atoms with Crippen LogP contribution in [0, 0.1) is 28.6 Å². The van der Waals surface area contributed by atoms with Crippen molar-refractivity contribution in [2.75, 3.05) is 26.2 Å². The van der Waals surface area contributed by atoms with Gasteiger partial charge in [-0.3, -0.25) is 4.79 Å². The lowest BCUT2D eigenvalue weighted by molar-refractivity contribution is -0.119. The molecule has 1 N–H and O–H groups in total. The van der Waals surface area contributed by atoms with E-state index in [1.54, 1.807) is 0 Å². The molecule has 1 amide bonds. The van der Waals surface area contributed by atoms with Gasteiger partial charge in [0.1, 0.15) is 0 Å². The first kappa shape index (κ1) is 15.8. The Hall–Kier alpha value is -1.67. The summed E-state index contributed by atoms with van der Waals surface area (Å²) in [6, 6.07) is 2.23. The number of hydrogen-bond donors (Lipinski definition) is 1. The summed E-state index contributed by atoms with van der Waals surface area (Å²) >= 11 is 0. The molecule has 0 radical (unpaired) electrons. The number of nitrogens with one attached hydrogen (secondary N) is 1. The number of carbonyl (C=O) groups is 1. The molecule has 0 aromatic heterocycles. The lowest BCUT2D eigenvalue weighted by Gasteiger charge is -2.41. The van der Waals surface area contributed by atoms with Gasteiger partial charge in [0.25, 0.3) is 5.91 Å². The Morgan fingerprint density at radius 1 is 1.33 bits per heavy atom. The molecule has 5 nitrogen and oxygen atoms in total. The van der Waals surface area contributed by atoms with Crippen LogP contribution in [0.2, 0.25) is 0 Å². The van der Waals surface area contributed by atoms with Crippen molar-refractivity contribution in [1.29, 1.82) is 5.26 Å². The van der Waals surface area contributed by atoms with Crippen molar-refractivity contribution in [3.8, 4) is 6.07 Å². The second-order valence-electron chi connectivity index (χ2n) is 7.86. The molecule has 3 aliphatic heterocycles. The number of hydrogen-bond acceptors (Lipinski definition) is 4. The van der Waals surface area contributed by atoms with Crippen molar-refractivity contribution in [2.45, 2.75) is 45.4 Å². The summed E-state index contributed by atoms with van der Waals surface area (Å²) in [5.74, 6) is -0.656. The quantitative estimate of drug-likeness (QED) is 0.864. The zero-order valence-electron chi connectivity index (χ0n) is 14.5. The number of nitrogens with zero attached hydrogens (tertiary/aromatic N) is 3. The molecule has 2 atom stereocenters. The van der Waals surface area contributed by atoms with Crippen molar-refractivity contribution in [2.24, 2.45) is 22.2 Å². The second kappa shape index (κ2) is 6.00. The van der Waals surface area contributed by atoms with E-state index in [0.717, 1.165) is 56.0 Å². The summed E-state index contributed by atoms with van der Waals surface area (Å²) in [6.45, 7) is 5.76. The number of nitriles is 1. The number of piperidine rings is 2. The van der Waals surface area contributed by atoms with Gasteiger partial charge in [-0.1, -0.05) is 13.3 Å². The molecule has 3 heterocycles. The zero-order chi connectivity index (χ0) is 16.7. The average molecular weight is 326 g/mol. The molecule has 0 aromatic rings. The molecule has 0 aromatic carbocycles. The van der Waals surface area contributed by atoms with Crippen LogP contribution >= 0.6 is 0 Å². The monoisotopic (exact) mass is 326 g/mol. The Morgan fingerprint density at radius 2 is 2.08 bits per heavy atom. The van der Waals surface area contributed by atoms with Gasteiger partial charge in [-0.2, -0.15) is 5.26 Å². The lowest BCUT2D eigenvalue weighted by Crippen LogP contribution is -2.47. The predicted octanol–water partition coefficient (Wildman–Crippen LogP) is 2.26. The smallest absolute Gasteiger partial charge is 0.269 e. The van der Waals surface area contributed by atoms with E-state index >= 15 is 0 Å². The highest BCUT2D eigenvalue weighted by Gasteiger charge is 2.47. The number of fused-ring (bicyclic) bond motifs is 1. The van der Waals surface area contributed by atoms with Gasteiger partial charge in [-0.05, 0) is 37.5 Å². The Bertz CT molecular complexity index is 641. The van der Waals surface area contributed by atoms with Gasteiger partial charge in [0.2, 0.25) is 0 Å². The fourth-order valence-electron chi connectivity index (χ4n) is 4.64. The minimum absolute atomic E-state index is 0.249. The van der Waals surface area contributed by atoms with E-state index < -0.39 is 5.92 Å². The first-order chi connectivity index (χ1) is 11.7. The number of amides is 1. The van der Waals surface area contributed by atoms with Gasteiger partial charge in [0.05, 0.1) is 11.8 Å². The van der Waals surface area contributed by atoms with Crippen molar-refractivity contribution in [3.63, 3.8) is 0 Å². The van der Waals surface area contributed by atoms with Gasteiger partial charge in [-0.25, -0.2) is 4.99 Å². The fourth-order valence-corrected chi connectivity index (χ4v) is 4.64. The molecule has 1 spiro atoms. The molecular formula is C19H26N4O. The third-order valence-electron chi connectivity index (χ3n) is 6.34. The van der Waals surface area contributed by atoms with Gasteiger partial charge in [0, 0.05) is 43.4 Å². The topological polar surface area (TPSA) is 68.5 Å². The normalized spacial score (nSPS) is 31.6. The molecule has 2 saturated heterocycles. The van der Waals surface area contributed by atoms with Crippen molar-refractivity contribution >= 4 is 11.6 Å². The van der Waals surface area contributed by atoms with Crippen LogP contribution in [0.1, 0.15) is 45.4 Å². The minimum atomic E-state index is -0.709. The molecule has 3 fully saturated rings. The summed E-state index contributed by atoms with van der Waals surface area (Å²) < 4.78 is 0. The van der Waals surface area contributed by atoms with E-state index in [4.69, 9.17) is 0 Å². The van der Waals surface area contributed by atoms with Gasteiger partial charge in [0.15, 0.2) is 5.92 Å². The average Bonchev–Trinajstić information content (AvgIpc) is 3.35. The summed E-state index contributed by atoms with van der Waals surface area (Å²) in [4.78, 5) is 19.2. The number of aliphatic imine (C=N–C) groups is 1. The van der Waals surface area contributed by atoms with E-state index in [9.17, 15) is 10.1 Å². The third kappa shape index (κ3) is 2.57. The number of carbonyl (C=O) groups excluding carboxylic acids is 1. The highest BCUT2D eigenvalue weighted by Crippen LogP contribution is 2.54. The van der Waals surface area contributed by atoms with Crippen LogP contribution in [0.5, 0.6) is 0 Å². The zero-order valence-corrected chi connectivity index (χ0v) is 14.5. The minimum Gasteiger partial charge on any atom is -0.373 e. The Balaban J connectivity index is 1.68. The van der Waals surface area contributed by atoms with Crippen LogP contribution in [0.15, 0.2) is 16.3 Å². The van der Waals surface area contributed by atoms with Crippen LogP contribution in [-0.4, -0.2) is 42.7 Å². The van der Waals surface area contributed by atoms with E-state index in [2.05, 4.69) is 28.2 Å². The van der Waals surface area contributed by atoms with Crippen LogP contribution in [0.4, 0.5) is 0 Å². The molecule has 1 saturated carbocycles. The van der Waals surface area contributed by atoms with Crippen LogP contribution < -0.4 is 5.32 Å². The van der Waals surface area contributed by atoms with Crippen LogP contribution in [-0.2, 0) is 4.79 Å². The molecule has 0 bridgehead atoms. The third-order valence-corrected chi connectivity index (χ3v) is 6.34. The molecule has 2 unspecified atom stereocenters. The van der Waals surface area contributed by atoms with Crippen LogP contribution in [0.3, 0.4) is 0 Å². The summed E-state index contributed by atoms with van der Waals surface area (Å²) in [5.41, 5.74) is 3.66. The van der Waals surface area contributed by atoms with Gasteiger partial charge < -0.3 is 10.2 Å². The largest absolute Gasteiger partial charge is 0.373 e. The number of dihydropyridines is 1. The molecule has 24 heavy (non-hydrogen) atoms. The van der Waals surface area contributed by atoms with E-state index in [1.165, 1.54) is 25.7 Å². The number of likely N-dealkylation sites (tertiary alicyclic amines) is 1. The molecule has 1 aliphatic carbocycles. The Kier molecular flexibility index (Phi) is 3.96. The van der Waals surface area contributed by atoms with E-state index in [1.807, 2.05) is 0 Å². The maximum atomic E-state index is 12.5. The highest BCUT2D eigenvalue weighted by atomic mass is 16.1. The SMILES string of the molecule is CCCC1CNCC2=C(N3CCC4(CC3)CC4)C(C#N)C(=O)N=C21. The molecule has 128 valence electrons.